The first kappa shape index (κ1) is 29.8. The first-order chi connectivity index (χ1) is 21.4. The summed E-state index contributed by atoms with van der Waals surface area (Å²) in [5, 5.41) is 1.48. The Labute approximate surface area is 253 Å². The molecule has 0 bridgehead atoms. The number of esters is 1. The number of fused-ring (bicyclic) bond motifs is 1. The summed E-state index contributed by atoms with van der Waals surface area (Å²) in [6.07, 6.45) is -3.12. The number of para-hydroxylation sites is 1. The van der Waals surface area contributed by atoms with Crippen LogP contribution in [-0.4, -0.2) is 49.0 Å². The van der Waals surface area contributed by atoms with E-state index >= 15 is 0 Å². The molecule has 1 aliphatic rings. The van der Waals surface area contributed by atoms with Crippen LogP contribution in [0.1, 0.15) is 33.2 Å². The predicted octanol–water partition coefficient (Wildman–Crippen LogP) is 5.66. The van der Waals surface area contributed by atoms with Crippen LogP contribution in [0.5, 0.6) is 5.75 Å². The number of nitrogens with zero attached hydrogens (tertiary/aromatic N) is 2. The highest BCUT2D eigenvalue weighted by Gasteiger charge is 2.39. The summed E-state index contributed by atoms with van der Waals surface area (Å²) >= 11 is 0. The van der Waals surface area contributed by atoms with Gasteiger partial charge in [-0.2, -0.15) is 21.6 Å². The maximum absolute atomic E-state index is 13.5. The Bertz CT molecular complexity index is 2120. The van der Waals surface area contributed by atoms with E-state index < -0.39 is 44.5 Å². The van der Waals surface area contributed by atoms with Crippen LogP contribution in [0, 0.1) is 0 Å². The van der Waals surface area contributed by atoms with Crippen molar-refractivity contribution in [3.8, 4) is 11.4 Å². The third-order valence-electron chi connectivity index (χ3n) is 7.05. The number of alkyl halides is 3. The number of benzene rings is 4. The van der Waals surface area contributed by atoms with Crippen LogP contribution >= 0.6 is 0 Å². The Hall–Kier alpha value is -5.21. The van der Waals surface area contributed by atoms with E-state index in [1.54, 1.807) is 29.0 Å². The van der Waals surface area contributed by atoms with Crippen molar-refractivity contribution in [3.05, 3.63) is 102 Å². The van der Waals surface area contributed by atoms with Crippen LogP contribution in [0.15, 0.2) is 90.0 Å². The van der Waals surface area contributed by atoms with Crippen molar-refractivity contribution in [2.75, 3.05) is 13.2 Å². The minimum absolute atomic E-state index is 0.0342. The SMILES string of the molecule is CC(=O)OCCOc1cn(-c2ccc3c4c(cccc24)C(=O)N(OS(=O)(=O)c2cccc(C(F)(F)F)c2)C3=O)c2ccccc12. The van der Waals surface area contributed by atoms with E-state index in [4.69, 9.17) is 13.8 Å². The van der Waals surface area contributed by atoms with E-state index in [2.05, 4.69) is 0 Å². The molecule has 230 valence electrons. The van der Waals surface area contributed by atoms with E-state index in [1.807, 2.05) is 24.3 Å². The number of rotatable bonds is 8. The Morgan fingerprint density at radius 1 is 0.844 bits per heavy atom. The standard InChI is InChI=1S/C31H21F3N2O8S/c1-18(37)42-14-15-43-27-17-35(25-11-3-2-8-21(25)27)26-13-12-24-28-22(26)9-5-10-23(28)29(38)36(30(24)39)44-45(40,41)20-7-4-6-19(16-20)31(32,33)34/h2-13,16-17H,14-15H2,1H3. The molecule has 0 radical (unpaired) electrons. The summed E-state index contributed by atoms with van der Waals surface area (Å²) in [4.78, 5) is 37.2. The van der Waals surface area contributed by atoms with E-state index in [0.29, 0.717) is 29.0 Å². The smallest absolute Gasteiger partial charge is 0.416 e. The fraction of sp³-hybridized carbons (Fsp3) is 0.129. The molecule has 1 aromatic heterocycles. The van der Waals surface area contributed by atoms with Crippen molar-refractivity contribution >= 4 is 49.6 Å². The van der Waals surface area contributed by atoms with Gasteiger partial charge in [-0.15, -0.1) is 9.35 Å². The van der Waals surface area contributed by atoms with Gasteiger partial charge in [0, 0.05) is 23.1 Å². The second-order valence-electron chi connectivity index (χ2n) is 9.89. The Kier molecular flexibility index (Phi) is 7.33. The van der Waals surface area contributed by atoms with Crippen molar-refractivity contribution in [1.29, 1.82) is 0 Å². The normalized spacial score (nSPS) is 13.5. The summed E-state index contributed by atoms with van der Waals surface area (Å²) in [5.74, 6) is -2.17. The molecule has 0 saturated heterocycles. The molecule has 0 aliphatic carbocycles. The van der Waals surface area contributed by atoms with Gasteiger partial charge in [-0.05, 0) is 48.5 Å². The van der Waals surface area contributed by atoms with Crippen molar-refractivity contribution < 1.29 is 49.7 Å². The van der Waals surface area contributed by atoms with Crippen molar-refractivity contribution in [2.24, 2.45) is 0 Å². The number of ether oxygens (including phenoxy) is 2. The van der Waals surface area contributed by atoms with Gasteiger partial charge in [-0.1, -0.05) is 30.3 Å². The first-order valence-corrected chi connectivity index (χ1v) is 14.7. The lowest BCUT2D eigenvalue weighted by molar-refractivity contribution is -0.141. The van der Waals surface area contributed by atoms with Crippen molar-refractivity contribution in [3.63, 3.8) is 0 Å². The number of hydrogen-bond acceptors (Lipinski definition) is 8. The lowest BCUT2D eigenvalue weighted by Crippen LogP contribution is -2.41. The molecule has 0 N–H and O–H groups in total. The average molecular weight is 639 g/mol. The number of carbonyl (C=O) groups is 3. The van der Waals surface area contributed by atoms with E-state index in [1.165, 1.54) is 19.1 Å². The minimum Gasteiger partial charge on any atom is -0.488 e. The number of amides is 2. The zero-order chi connectivity index (χ0) is 32.1. The van der Waals surface area contributed by atoms with Crippen LogP contribution in [0.3, 0.4) is 0 Å². The Balaban J connectivity index is 1.38. The summed E-state index contributed by atoms with van der Waals surface area (Å²) in [7, 11) is -5.03. The third-order valence-corrected chi connectivity index (χ3v) is 8.23. The average Bonchev–Trinajstić information content (AvgIpc) is 3.38. The van der Waals surface area contributed by atoms with Gasteiger partial charge in [0.15, 0.2) is 0 Å². The molecule has 2 amide bonds. The maximum Gasteiger partial charge on any atom is 0.416 e. The minimum atomic E-state index is -5.03. The summed E-state index contributed by atoms with van der Waals surface area (Å²) in [6.45, 7) is 1.43. The van der Waals surface area contributed by atoms with Crippen LogP contribution in [-0.2, 0) is 30.1 Å². The van der Waals surface area contributed by atoms with Crippen molar-refractivity contribution in [1.82, 2.24) is 9.63 Å². The van der Waals surface area contributed by atoms with Gasteiger partial charge in [0.2, 0.25) is 0 Å². The van der Waals surface area contributed by atoms with Crippen LogP contribution in [0.2, 0.25) is 0 Å². The van der Waals surface area contributed by atoms with E-state index in [-0.39, 0.29) is 34.8 Å². The first-order valence-electron chi connectivity index (χ1n) is 13.3. The highest BCUT2D eigenvalue weighted by molar-refractivity contribution is 7.86. The monoisotopic (exact) mass is 638 g/mol. The second kappa shape index (κ2) is 11.1. The fourth-order valence-electron chi connectivity index (χ4n) is 5.11. The molecule has 2 heterocycles. The topological polar surface area (TPSA) is 121 Å². The number of hydrogen-bond donors (Lipinski definition) is 0. The van der Waals surface area contributed by atoms with E-state index in [0.717, 1.165) is 23.0 Å². The third kappa shape index (κ3) is 5.38. The Morgan fingerprint density at radius 2 is 1.53 bits per heavy atom. The van der Waals surface area contributed by atoms with Crippen LogP contribution in [0.25, 0.3) is 27.4 Å². The molecule has 0 fully saturated rings. The highest BCUT2D eigenvalue weighted by atomic mass is 32.2. The molecule has 6 rings (SSSR count). The van der Waals surface area contributed by atoms with Crippen LogP contribution < -0.4 is 4.74 Å². The summed E-state index contributed by atoms with van der Waals surface area (Å²) in [5.41, 5.74) is -0.0731. The molecular weight excluding hydrogens is 617 g/mol. The summed E-state index contributed by atoms with van der Waals surface area (Å²) in [6, 6.07) is 17.7. The highest BCUT2D eigenvalue weighted by Crippen LogP contribution is 2.38. The second-order valence-corrected chi connectivity index (χ2v) is 11.4. The molecular formula is C31H21F3N2O8S. The molecule has 14 heteroatoms. The van der Waals surface area contributed by atoms with Gasteiger partial charge in [-0.25, -0.2) is 0 Å². The maximum atomic E-state index is 13.5. The Morgan fingerprint density at radius 3 is 2.27 bits per heavy atom. The molecule has 5 aromatic rings. The zero-order valence-corrected chi connectivity index (χ0v) is 24.0. The number of aromatic nitrogens is 1. The largest absolute Gasteiger partial charge is 0.488 e. The van der Waals surface area contributed by atoms with Gasteiger partial charge < -0.3 is 14.0 Å². The number of hydroxylamine groups is 2. The molecule has 0 saturated carbocycles. The molecule has 45 heavy (non-hydrogen) atoms. The van der Waals surface area contributed by atoms with Gasteiger partial charge >= 0.3 is 22.3 Å². The number of imide groups is 1. The number of halogens is 3. The van der Waals surface area contributed by atoms with Gasteiger partial charge in [0.25, 0.3) is 11.8 Å². The van der Waals surface area contributed by atoms with Crippen molar-refractivity contribution in [2.45, 2.75) is 18.0 Å². The molecule has 0 atom stereocenters. The zero-order valence-electron chi connectivity index (χ0n) is 23.2. The number of carbonyl (C=O) groups excluding carboxylic acids is 3. The fourth-order valence-corrected chi connectivity index (χ4v) is 6.04. The lowest BCUT2D eigenvalue weighted by Gasteiger charge is -2.26. The van der Waals surface area contributed by atoms with E-state index in [9.17, 15) is 36.0 Å². The molecule has 0 spiro atoms. The van der Waals surface area contributed by atoms with Gasteiger partial charge in [-0.3, -0.25) is 14.4 Å². The van der Waals surface area contributed by atoms with Gasteiger partial charge in [0.05, 0.1) is 39.0 Å². The van der Waals surface area contributed by atoms with Crippen LogP contribution in [0.4, 0.5) is 13.2 Å². The summed E-state index contributed by atoms with van der Waals surface area (Å²) < 4.78 is 82.9. The molecule has 1 aliphatic heterocycles. The lowest BCUT2D eigenvalue weighted by atomic mass is 9.94. The molecule has 4 aromatic carbocycles. The van der Waals surface area contributed by atoms with Gasteiger partial charge in [0.1, 0.15) is 19.0 Å². The molecule has 0 unspecified atom stereocenters. The predicted molar refractivity (Wildman–Crippen MR) is 153 cm³/mol. The quantitative estimate of drug-likeness (QED) is 0.121. The molecule has 10 nitrogen and oxygen atoms in total.